The maximum atomic E-state index is 12.1. The molecule has 1 aromatic carbocycles. The SMILES string of the molecule is CSCCNC(=O)c1ccc(CCCCC2CCN(C(=O)OC(C)(C)C)CC2)cc1. The smallest absolute Gasteiger partial charge is 0.410 e. The molecule has 0 radical (unpaired) electrons. The van der Waals surface area contributed by atoms with Crippen LogP contribution in [-0.2, 0) is 11.2 Å². The number of nitrogens with one attached hydrogen (secondary N) is 1. The molecule has 168 valence electrons. The summed E-state index contributed by atoms with van der Waals surface area (Å²) in [5.74, 6) is 1.65. The summed E-state index contributed by atoms with van der Waals surface area (Å²) in [6.45, 7) is 8.05. The molecule has 1 aliphatic heterocycles. The molecular formula is C24H38N2O3S. The number of rotatable bonds is 9. The summed E-state index contributed by atoms with van der Waals surface area (Å²) in [7, 11) is 0. The molecule has 1 saturated heterocycles. The number of thioether (sulfide) groups is 1. The highest BCUT2D eigenvalue weighted by Gasteiger charge is 2.26. The molecule has 5 nitrogen and oxygen atoms in total. The van der Waals surface area contributed by atoms with Crippen molar-refractivity contribution in [2.24, 2.45) is 5.92 Å². The Hall–Kier alpha value is -1.69. The second-order valence-corrected chi connectivity index (χ2v) is 10.1. The van der Waals surface area contributed by atoms with Gasteiger partial charge in [-0.3, -0.25) is 4.79 Å². The van der Waals surface area contributed by atoms with Gasteiger partial charge in [0.15, 0.2) is 0 Å². The fraction of sp³-hybridized carbons (Fsp3) is 0.667. The van der Waals surface area contributed by atoms with Gasteiger partial charge in [0, 0.05) is 31.0 Å². The zero-order valence-corrected chi connectivity index (χ0v) is 19.9. The fourth-order valence-electron chi connectivity index (χ4n) is 3.68. The van der Waals surface area contributed by atoms with Crippen LogP contribution in [0.15, 0.2) is 24.3 Å². The molecule has 2 rings (SSSR count). The van der Waals surface area contributed by atoms with Crippen molar-refractivity contribution in [1.82, 2.24) is 10.2 Å². The van der Waals surface area contributed by atoms with Gasteiger partial charge in [0.05, 0.1) is 0 Å². The normalized spacial score (nSPS) is 15.1. The number of hydrogen-bond acceptors (Lipinski definition) is 4. The van der Waals surface area contributed by atoms with Gasteiger partial charge in [-0.05, 0) is 76.3 Å². The number of piperidine rings is 1. The zero-order valence-electron chi connectivity index (χ0n) is 19.0. The van der Waals surface area contributed by atoms with E-state index in [2.05, 4.69) is 17.4 Å². The number of amides is 2. The number of nitrogens with zero attached hydrogens (tertiary/aromatic N) is 1. The lowest BCUT2D eigenvalue weighted by molar-refractivity contribution is 0.0180. The maximum Gasteiger partial charge on any atom is 0.410 e. The molecule has 2 amide bonds. The predicted octanol–water partition coefficient (Wildman–Crippen LogP) is 5.14. The van der Waals surface area contributed by atoms with Crippen LogP contribution in [-0.4, -0.2) is 54.1 Å². The molecule has 0 saturated carbocycles. The molecule has 0 spiro atoms. The van der Waals surface area contributed by atoms with Crippen LogP contribution in [0.5, 0.6) is 0 Å². The van der Waals surface area contributed by atoms with E-state index in [1.54, 1.807) is 11.8 Å². The highest BCUT2D eigenvalue weighted by atomic mass is 32.2. The number of carbonyl (C=O) groups excluding carboxylic acids is 2. The van der Waals surface area contributed by atoms with Gasteiger partial charge in [-0.1, -0.05) is 25.0 Å². The lowest BCUT2D eigenvalue weighted by atomic mass is 9.91. The van der Waals surface area contributed by atoms with Crippen molar-refractivity contribution in [3.05, 3.63) is 35.4 Å². The lowest BCUT2D eigenvalue weighted by Crippen LogP contribution is -2.41. The molecule has 0 unspecified atom stereocenters. The van der Waals surface area contributed by atoms with E-state index in [0.717, 1.165) is 50.1 Å². The van der Waals surface area contributed by atoms with Crippen LogP contribution in [0.4, 0.5) is 4.79 Å². The summed E-state index contributed by atoms with van der Waals surface area (Å²) in [4.78, 5) is 26.0. The van der Waals surface area contributed by atoms with Crippen molar-refractivity contribution in [3.63, 3.8) is 0 Å². The summed E-state index contributed by atoms with van der Waals surface area (Å²) in [5, 5.41) is 2.94. The molecular weight excluding hydrogens is 396 g/mol. The number of aryl methyl sites for hydroxylation is 1. The van der Waals surface area contributed by atoms with Crippen molar-refractivity contribution < 1.29 is 14.3 Å². The third-order valence-corrected chi connectivity index (χ3v) is 6.01. The van der Waals surface area contributed by atoms with Gasteiger partial charge < -0.3 is 15.0 Å². The third-order valence-electron chi connectivity index (χ3n) is 5.40. The van der Waals surface area contributed by atoms with E-state index >= 15 is 0 Å². The van der Waals surface area contributed by atoms with Crippen molar-refractivity contribution in [2.45, 2.75) is 64.9 Å². The van der Waals surface area contributed by atoms with Crippen molar-refractivity contribution in [1.29, 1.82) is 0 Å². The topological polar surface area (TPSA) is 58.6 Å². The van der Waals surface area contributed by atoms with E-state index in [0.29, 0.717) is 12.5 Å². The molecule has 0 atom stereocenters. The van der Waals surface area contributed by atoms with E-state index in [1.807, 2.05) is 44.1 Å². The Morgan fingerprint density at radius 1 is 1.13 bits per heavy atom. The molecule has 1 N–H and O–H groups in total. The van der Waals surface area contributed by atoms with Crippen LogP contribution in [0.2, 0.25) is 0 Å². The second-order valence-electron chi connectivity index (χ2n) is 9.10. The Kier molecular flexibility index (Phi) is 10.0. The minimum absolute atomic E-state index is 0.00771. The first-order chi connectivity index (χ1) is 14.3. The molecule has 0 bridgehead atoms. The summed E-state index contributed by atoms with van der Waals surface area (Å²) >= 11 is 1.73. The van der Waals surface area contributed by atoms with Gasteiger partial charge in [0.25, 0.3) is 5.91 Å². The molecule has 1 aliphatic rings. The fourth-order valence-corrected chi connectivity index (χ4v) is 3.99. The molecule has 0 aromatic heterocycles. The van der Waals surface area contributed by atoms with E-state index in [1.165, 1.54) is 18.4 Å². The summed E-state index contributed by atoms with van der Waals surface area (Å²) in [5.41, 5.74) is 1.59. The average molecular weight is 435 g/mol. The number of hydrogen-bond donors (Lipinski definition) is 1. The van der Waals surface area contributed by atoms with Crippen LogP contribution < -0.4 is 5.32 Å². The molecule has 1 heterocycles. The average Bonchev–Trinajstić information content (AvgIpc) is 2.71. The standard InChI is InChI=1S/C24H38N2O3S/c1-24(2,3)29-23(28)26-16-13-20(14-17-26)8-6-5-7-19-9-11-21(12-10-19)22(27)25-15-18-30-4/h9-12,20H,5-8,13-18H2,1-4H3,(H,25,27). The summed E-state index contributed by atoms with van der Waals surface area (Å²) < 4.78 is 5.47. The molecule has 6 heteroatoms. The Bertz CT molecular complexity index is 662. The lowest BCUT2D eigenvalue weighted by Gasteiger charge is -2.33. The second kappa shape index (κ2) is 12.2. The highest BCUT2D eigenvalue weighted by Crippen LogP contribution is 2.24. The summed E-state index contributed by atoms with van der Waals surface area (Å²) in [6.07, 6.45) is 8.62. The van der Waals surface area contributed by atoms with Crippen molar-refractivity contribution in [3.8, 4) is 0 Å². The van der Waals surface area contributed by atoms with Crippen LogP contribution in [0.1, 0.15) is 68.8 Å². The Balaban J connectivity index is 1.62. The van der Waals surface area contributed by atoms with Gasteiger partial charge >= 0.3 is 6.09 Å². The van der Waals surface area contributed by atoms with Gasteiger partial charge in [-0.2, -0.15) is 11.8 Å². The molecule has 30 heavy (non-hydrogen) atoms. The minimum atomic E-state index is -0.426. The van der Waals surface area contributed by atoms with Gasteiger partial charge in [0.2, 0.25) is 0 Å². The quantitative estimate of drug-likeness (QED) is 0.547. The predicted molar refractivity (Wildman–Crippen MR) is 125 cm³/mol. The van der Waals surface area contributed by atoms with E-state index < -0.39 is 5.60 Å². The zero-order chi connectivity index (χ0) is 22.0. The maximum absolute atomic E-state index is 12.1. The van der Waals surface area contributed by atoms with Crippen LogP contribution in [0.25, 0.3) is 0 Å². The molecule has 1 aromatic rings. The highest BCUT2D eigenvalue weighted by molar-refractivity contribution is 7.98. The van der Waals surface area contributed by atoms with Crippen LogP contribution in [0.3, 0.4) is 0 Å². The third kappa shape index (κ3) is 8.99. The van der Waals surface area contributed by atoms with Gasteiger partial charge in [0.1, 0.15) is 5.60 Å². The van der Waals surface area contributed by atoms with Crippen LogP contribution >= 0.6 is 11.8 Å². The van der Waals surface area contributed by atoms with Gasteiger partial charge in [-0.25, -0.2) is 4.79 Å². The number of ether oxygens (including phenoxy) is 1. The first kappa shape index (κ1) is 24.6. The number of unbranched alkanes of at least 4 members (excludes halogenated alkanes) is 1. The van der Waals surface area contributed by atoms with E-state index in [9.17, 15) is 9.59 Å². The number of carbonyl (C=O) groups is 2. The Labute approximate surface area is 186 Å². The first-order valence-corrected chi connectivity index (χ1v) is 12.5. The van der Waals surface area contributed by atoms with E-state index in [-0.39, 0.29) is 12.0 Å². The largest absolute Gasteiger partial charge is 0.444 e. The number of likely N-dealkylation sites (tertiary alicyclic amines) is 1. The van der Waals surface area contributed by atoms with Gasteiger partial charge in [-0.15, -0.1) is 0 Å². The first-order valence-electron chi connectivity index (χ1n) is 11.1. The van der Waals surface area contributed by atoms with Crippen molar-refractivity contribution in [2.75, 3.05) is 31.6 Å². The van der Waals surface area contributed by atoms with Crippen molar-refractivity contribution >= 4 is 23.8 Å². The minimum Gasteiger partial charge on any atom is -0.444 e. The Morgan fingerprint density at radius 3 is 2.40 bits per heavy atom. The van der Waals surface area contributed by atoms with E-state index in [4.69, 9.17) is 4.74 Å². The number of benzene rings is 1. The van der Waals surface area contributed by atoms with Crippen LogP contribution in [0, 0.1) is 5.92 Å². The molecule has 1 fully saturated rings. The molecule has 0 aliphatic carbocycles. The monoisotopic (exact) mass is 434 g/mol. The Morgan fingerprint density at radius 2 is 1.80 bits per heavy atom. The summed E-state index contributed by atoms with van der Waals surface area (Å²) in [6, 6.07) is 8.00.